The zero-order valence-electron chi connectivity index (χ0n) is 16.9. The zero-order valence-corrected chi connectivity index (χ0v) is 16.9. The predicted molar refractivity (Wildman–Crippen MR) is 110 cm³/mol. The number of fused-ring (bicyclic) bond motifs is 1. The minimum absolute atomic E-state index is 0.0699. The molecule has 1 aliphatic rings. The molecule has 28 heavy (non-hydrogen) atoms. The van der Waals surface area contributed by atoms with Gasteiger partial charge in [-0.3, -0.25) is 4.79 Å². The summed E-state index contributed by atoms with van der Waals surface area (Å²) in [5.41, 5.74) is 0.686. The molecule has 0 saturated heterocycles. The van der Waals surface area contributed by atoms with Gasteiger partial charge in [0, 0.05) is 18.4 Å². The Morgan fingerprint density at radius 2 is 2.00 bits per heavy atom. The molecule has 0 aliphatic carbocycles. The van der Waals surface area contributed by atoms with Crippen LogP contribution in [0.25, 0.3) is 6.08 Å². The van der Waals surface area contributed by atoms with Gasteiger partial charge in [0.15, 0.2) is 5.78 Å². The summed E-state index contributed by atoms with van der Waals surface area (Å²) in [7, 11) is 0. The number of cyclic esters (lactones) is 1. The number of unbranched alkanes of at least 4 members (excludes halogenated alkanes) is 1. The third-order valence-corrected chi connectivity index (χ3v) is 4.80. The van der Waals surface area contributed by atoms with E-state index in [0.29, 0.717) is 30.8 Å². The molecule has 2 atom stereocenters. The summed E-state index contributed by atoms with van der Waals surface area (Å²) in [5.74, 6) is -0.276. The lowest BCUT2D eigenvalue weighted by Crippen LogP contribution is -2.22. The standard InChI is InChI=1S/C23H30O5/c1-4-5-13-27-20-14-18-9-7-6-8-10-19(24)12-11-16(2)17(3)28-23(26)22(18)21(25)15-20/h7,9,11-12,14-17,25H,4-6,8,10,13H2,1-3H3/b9-7+,12-11-/t16-,17+/m1/s1. The molecule has 5 heteroatoms. The highest BCUT2D eigenvalue weighted by Gasteiger charge is 2.22. The van der Waals surface area contributed by atoms with Crippen LogP contribution in [-0.2, 0) is 9.53 Å². The molecule has 5 nitrogen and oxygen atoms in total. The van der Waals surface area contributed by atoms with E-state index in [-0.39, 0.29) is 23.0 Å². The van der Waals surface area contributed by atoms with Crippen LogP contribution in [0.15, 0.2) is 30.4 Å². The number of esters is 1. The Morgan fingerprint density at radius 1 is 1.21 bits per heavy atom. The molecular weight excluding hydrogens is 356 g/mol. The molecule has 152 valence electrons. The highest BCUT2D eigenvalue weighted by molar-refractivity contribution is 5.97. The number of ether oxygens (including phenoxy) is 2. The molecule has 0 amide bonds. The van der Waals surface area contributed by atoms with Crippen LogP contribution in [0.2, 0.25) is 0 Å². The Labute approximate surface area is 167 Å². The van der Waals surface area contributed by atoms with E-state index in [1.807, 2.05) is 13.0 Å². The Bertz CT molecular complexity index is 748. The summed E-state index contributed by atoms with van der Waals surface area (Å²) < 4.78 is 11.2. The fourth-order valence-corrected chi connectivity index (χ4v) is 2.83. The van der Waals surface area contributed by atoms with Gasteiger partial charge in [0.25, 0.3) is 0 Å². The minimum atomic E-state index is -0.589. The number of phenolic OH excluding ortho intramolecular Hbond substituents is 1. The zero-order chi connectivity index (χ0) is 20.5. The van der Waals surface area contributed by atoms with Crippen LogP contribution < -0.4 is 4.74 Å². The highest BCUT2D eigenvalue weighted by Crippen LogP contribution is 2.31. The summed E-state index contributed by atoms with van der Waals surface area (Å²) in [6.07, 6.45) is 10.4. The van der Waals surface area contributed by atoms with Crippen molar-refractivity contribution in [1.29, 1.82) is 0 Å². The minimum Gasteiger partial charge on any atom is -0.507 e. The maximum atomic E-state index is 12.7. The van der Waals surface area contributed by atoms with Crippen LogP contribution in [0, 0.1) is 5.92 Å². The Balaban J connectivity index is 2.36. The van der Waals surface area contributed by atoms with E-state index in [9.17, 15) is 14.7 Å². The maximum Gasteiger partial charge on any atom is 0.342 e. The number of benzene rings is 1. The number of hydrogen-bond donors (Lipinski definition) is 1. The number of aromatic hydroxyl groups is 1. The smallest absolute Gasteiger partial charge is 0.342 e. The highest BCUT2D eigenvalue weighted by atomic mass is 16.5. The van der Waals surface area contributed by atoms with Crippen molar-refractivity contribution in [2.45, 2.75) is 59.0 Å². The summed E-state index contributed by atoms with van der Waals surface area (Å²) in [6.45, 7) is 6.29. The topological polar surface area (TPSA) is 72.8 Å². The normalized spacial score (nSPS) is 23.2. The lowest BCUT2D eigenvalue weighted by molar-refractivity contribution is -0.114. The first-order chi connectivity index (χ1) is 13.4. The van der Waals surface area contributed by atoms with Gasteiger partial charge in [-0.2, -0.15) is 0 Å². The SMILES string of the molecule is CCCCOc1cc(O)c2c(c1)/C=C/CCCC(=O)/C=C\[C@@H](C)[C@H](C)OC2=O. The van der Waals surface area contributed by atoms with Crippen molar-refractivity contribution >= 4 is 17.8 Å². The quantitative estimate of drug-likeness (QED) is 0.577. The Kier molecular flexibility index (Phi) is 8.30. The van der Waals surface area contributed by atoms with Crippen LogP contribution in [0.1, 0.15) is 68.8 Å². The van der Waals surface area contributed by atoms with Crippen LogP contribution in [0.4, 0.5) is 0 Å². The summed E-state index contributed by atoms with van der Waals surface area (Å²) >= 11 is 0. The van der Waals surface area contributed by atoms with E-state index in [2.05, 4.69) is 6.92 Å². The van der Waals surface area contributed by atoms with Crippen molar-refractivity contribution in [3.05, 3.63) is 41.5 Å². The molecule has 0 radical (unpaired) electrons. The van der Waals surface area contributed by atoms with Crippen molar-refractivity contribution in [3.63, 3.8) is 0 Å². The average molecular weight is 386 g/mol. The first kappa shape index (κ1) is 21.7. The maximum absolute atomic E-state index is 12.7. The van der Waals surface area contributed by atoms with Crippen LogP contribution >= 0.6 is 0 Å². The Hall–Kier alpha value is -2.56. The fourth-order valence-electron chi connectivity index (χ4n) is 2.83. The van der Waals surface area contributed by atoms with Crippen molar-refractivity contribution < 1.29 is 24.2 Å². The number of rotatable bonds is 4. The number of carbonyl (C=O) groups excluding carboxylic acids is 2. The molecule has 1 aromatic rings. The molecule has 0 saturated carbocycles. The molecule has 2 rings (SSSR count). The van der Waals surface area contributed by atoms with Gasteiger partial charge in [0.1, 0.15) is 23.2 Å². The van der Waals surface area contributed by atoms with Crippen LogP contribution in [0.5, 0.6) is 11.5 Å². The second-order valence-electron chi connectivity index (χ2n) is 7.20. The van der Waals surface area contributed by atoms with Gasteiger partial charge in [0.05, 0.1) is 6.61 Å². The number of allylic oxidation sites excluding steroid dienone is 2. The van der Waals surface area contributed by atoms with Gasteiger partial charge < -0.3 is 14.6 Å². The molecule has 1 N–H and O–H groups in total. The molecular formula is C23H30O5. The van der Waals surface area contributed by atoms with E-state index in [0.717, 1.165) is 19.3 Å². The van der Waals surface area contributed by atoms with Crippen molar-refractivity contribution in [1.82, 2.24) is 0 Å². The molecule has 0 fully saturated rings. The van der Waals surface area contributed by atoms with E-state index >= 15 is 0 Å². The van der Waals surface area contributed by atoms with Crippen molar-refractivity contribution in [2.75, 3.05) is 6.61 Å². The lowest BCUT2D eigenvalue weighted by atomic mass is 10.0. The third-order valence-electron chi connectivity index (χ3n) is 4.80. The predicted octanol–water partition coefficient (Wildman–Crippen LogP) is 5.07. The van der Waals surface area contributed by atoms with E-state index in [1.165, 1.54) is 6.07 Å². The number of hydrogen-bond acceptors (Lipinski definition) is 5. The first-order valence-corrected chi connectivity index (χ1v) is 10.0. The summed E-state index contributed by atoms with van der Waals surface area (Å²) in [4.78, 5) is 24.7. The van der Waals surface area contributed by atoms with Crippen LogP contribution in [-0.4, -0.2) is 29.6 Å². The molecule has 1 aromatic carbocycles. The monoisotopic (exact) mass is 386 g/mol. The molecule has 0 spiro atoms. The average Bonchev–Trinajstić information content (AvgIpc) is 2.64. The third kappa shape index (κ3) is 6.25. The second kappa shape index (κ2) is 10.7. The molecule has 1 aliphatic heterocycles. The van der Waals surface area contributed by atoms with Crippen molar-refractivity contribution in [3.8, 4) is 11.5 Å². The second-order valence-corrected chi connectivity index (χ2v) is 7.20. The first-order valence-electron chi connectivity index (χ1n) is 10.0. The molecule has 0 aromatic heterocycles. The van der Waals surface area contributed by atoms with Gasteiger partial charge in [-0.15, -0.1) is 0 Å². The van der Waals surface area contributed by atoms with Gasteiger partial charge in [0.2, 0.25) is 0 Å². The largest absolute Gasteiger partial charge is 0.507 e. The molecule has 0 unspecified atom stereocenters. The number of ketones is 1. The fraction of sp³-hybridized carbons (Fsp3) is 0.478. The Morgan fingerprint density at radius 3 is 2.75 bits per heavy atom. The van der Waals surface area contributed by atoms with Crippen LogP contribution in [0.3, 0.4) is 0 Å². The van der Waals surface area contributed by atoms with Gasteiger partial charge in [-0.25, -0.2) is 4.79 Å². The number of carbonyl (C=O) groups is 2. The lowest BCUT2D eigenvalue weighted by Gasteiger charge is -2.19. The summed E-state index contributed by atoms with van der Waals surface area (Å²) in [5, 5.41) is 10.5. The van der Waals surface area contributed by atoms with Gasteiger partial charge in [-0.1, -0.05) is 38.5 Å². The van der Waals surface area contributed by atoms with Crippen molar-refractivity contribution in [2.24, 2.45) is 5.92 Å². The summed E-state index contributed by atoms with van der Waals surface area (Å²) in [6, 6.07) is 3.20. The molecule has 0 bridgehead atoms. The van der Waals surface area contributed by atoms with Gasteiger partial charge in [-0.05, 0) is 43.9 Å². The van der Waals surface area contributed by atoms with E-state index in [4.69, 9.17) is 9.47 Å². The number of phenols is 1. The van der Waals surface area contributed by atoms with Gasteiger partial charge >= 0.3 is 5.97 Å². The van der Waals surface area contributed by atoms with E-state index in [1.54, 1.807) is 31.2 Å². The van der Waals surface area contributed by atoms with E-state index < -0.39 is 12.1 Å². The molecule has 1 heterocycles.